The van der Waals surface area contributed by atoms with Gasteiger partial charge in [0, 0.05) is 4.47 Å². The van der Waals surface area contributed by atoms with E-state index in [9.17, 15) is 14.0 Å². The van der Waals surface area contributed by atoms with Crippen LogP contribution in [0.3, 0.4) is 0 Å². The molecule has 0 aliphatic heterocycles. The largest absolute Gasteiger partial charge is 0.463 e. The molecule has 1 aromatic carbocycles. The molecule has 0 saturated heterocycles. The van der Waals surface area contributed by atoms with Crippen LogP contribution in [-0.4, -0.2) is 17.2 Å². The van der Waals surface area contributed by atoms with Gasteiger partial charge in [-0.3, -0.25) is 9.59 Å². The molecule has 1 rings (SSSR count). The van der Waals surface area contributed by atoms with Crippen molar-refractivity contribution in [3.05, 3.63) is 33.5 Å². The van der Waals surface area contributed by atoms with Gasteiger partial charge in [0.2, 0.25) is 5.12 Å². The molecule has 0 heterocycles. The molecule has 0 atom stereocenters. The van der Waals surface area contributed by atoms with E-state index in [-0.39, 0.29) is 18.1 Å². The summed E-state index contributed by atoms with van der Waals surface area (Å²) in [6.45, 7) is 3.47. The maximum absolute atomic E-state index is 13.4. The second-order valence-corrected chi connectivity index (χ2v) is 5.20. The Balaban J connectivity index is 2.99. The summed E-state index contributed by atoms with van der Waals surface area (Å²) in [6.07, 6.45) is -0.254. The number of hydrogen-bond donors (Lipinski definition) is 1. The molecule has 0 spiro atoms. The lowest BCUT2D eigenvalue weighted by Gasteiger charge is -2.10. The van der Waals surface area contributed by atoms with Crippen LogP contribution < -0.4 is 0 Å². The molecule has 0 unspecified atom stereocenters. The number of benzene rings is 1. The van der Waals surface area contributed by atoms with Crippen molar-refractivity contribution < 1.29 is 18.7 Å². The van der Waals surface area contributed by atoms with Crippen LogP contribution in [0.2, 0.25) is 0 Å². The normalized spacial score (nSPS) is 10.6. The SMILES string of the molecule is CC(C)OC(=O)Cc1cc(C(=O)S)c(F)cc1Br. The fourth-order valence-corrected chi connectivity index (χ4v) is 1.98. The van der Waals surface area contributed by atoms with Crippen molar-refractivity contribution in [2.45, 2.75) is 26.4 Å². The first kappa shape index (κ1) is 15.2. The minimum absolute atomic E-state index is 0.0346. The second kappa shape index (κ2) is 6.33. The van der Waals surface area contributed by atoms with Crippen LogP contribution in [0.5, 0.6) is 0 Å². The van der Waals surface area contributed by atoms with Gasteiger partial charge in [-0.1, -0.05) is 15.9 Å². The molecular formula is C12H12BrFO3S. The Labute approximate surface area is 118 Å². The topological polar surface area (TPSA) is 43.4 Å². The third-order valence-corrected chi connectivity index (χ3v) is 3.05. The predicted molar refractivity (Wildman–Crippen MR) is 72.3 cm³/mol. The Hall–Kier alpha value is -0.880. The molecule has 0 aliphatic carbocycles. The highest BCUT2D eigenvalue weighted by Gasteiger charge is 2.15. The minimum atomic E-state index is -0.682. The van der Waals surface area contributed by atoms with Gasteiger partial charge in [-0.25, -0.2) is 4.39 Å². The number of ether oxygens (including phenoxy) is 1. The molecule has 0 saturated carbocycles. The van der Waals surface area contributed by atoms with Crippen LogP contribution in [0.1, 0.15) is 29.8 Å². The van der Waals surface area contributed by atoms with Crippen molar-refractivity contribution in [1.82, 2.24) is 0 Å². The molecule has 18 heavy (non-hydrogen) atoms. The predicted octanol–water partition coefficient (Wildman–Crippen LogP) is 3.15. The van der Waals surface area contributed by atoms with Crippen LogP contribution >= 0.6 is 28.6 Å². The molecule has 0 aromatic heterocycles. The first-order valence-electron chi connectivity index (χ1n) is 5.22. The Morgan fingerprint density at radius 2 is 2.06 bits per heavy atom. The van der Waals surface area contributed by atoms with E-state index in [0.717, 1.165) is 6.07 Å². The van der Waals surface area contributed by atoms with E-state index in [0.29, 0.717) is 10.0 Å². The Kier molecular flexibility index (Phi) is 5.34. The average Bonchev–Trinajstić information content (AvgIpc) is 2.20. The van der Waals surface area contributed by atoms with Crippen molar-refractivity contribution in [3.8, 4) is 0 Å². The molecular weight excluding hydrogens is 323 g/mol. The highest BCUT2D eigenvalue weighted by Crippen LogP contribution is 2.23. The summed E-state index contributed by atoms with van der Waals surface area (Å²) in [6, 6.07) is 2.44. The highest BCUT2D eigenvalue weighted by atomic mass is 79.9. The van der Waals surface area contributed by atoms with Crippen molar-refractivity contribution in [1.29, 1.82) is 0 Å². The van der Waals surface area contributed by atoms with Gasteiger partial charge >= 0.3 is 5.97 Å². The Morgan fingerprint density at radius 3 is 2.56 bits per heavy atom. The number of thiol groups is 1. The smallest absolute Gasteiger partial charge is 0.310 e. The van der Waals surface area contributed by atoms with Gasteiger partial charge in [0.15, 0.2) is 0 Å². The van der Waals surface area contributed by atoms with Crippen LogP contribution in [0.15, 0.2) is 16.6 Å². The molecule has 0 amide bonds. The van der Waals surface area contributed by atoms with Gasteiger partial charge in [-0.15, -0.1) is 12.6 Å². The van der Waals surface area contributed by atoms with Crippen LogP contribution in [0, 0.1) is 5.82 Å². The van der Waals surface area contributed by atoms with Crippen molar-refractivity contribution in [2.75, 3.05) is 0 Å². The molecule has 0 bridgehead atoms. The zero-order chi connectivity index (χ0) is 13.9. The monoisotopic (exact) mass is 334 g/mol. The average molecular weight is 335 g/mol. The second-order valence-electron chi connectivity index (χ2n) is 3.94. The lowest BCUT2D eigenvalue weighted by atomic mass is 10.1. The van der Waals surface area contributed by atoms with Gasteiger partial charge in [0.25, 0.3) is 0 Å². The molecule has 1 aromatic rings. The summed E-state index contributed by atoms with van der Waals surface area (Å²) in [4.78, 5) is 22.6. The minimum Gasteiger partial charge on any atom is -0.463 e. The fourth-order valence-electron chi connectivity index (χ4n) is 1.35. The van der Waals surface area contributed by atoms with Crippen LogP contribution in [0.25, 0.3) is 0 Å². The summed E-state index contributed by atoms with van der Waals surface area (Å²) in [5.41, 5.74) is 0.327. The Morgan fingerprint density at radius 1 is 1.44 bits per heavy atom. The molecule has 98 valence electrons. The van der Waals surface area contributed by atoms with E-state index in [1.807, 2.05) is 0 Å². The van der Waals surface area contributed by atoms with Gasteiger partial charge in [-0.2, -0.15) is 0 Å². The zero-order valence-electron chi connectivity index (χ0n) is 9.87. The van der Waals surface area contributed by atoms with Crippen molar-refractivity contribution in [2.24, 2.45) is 0 Å². The van der Waals surface area contributed by atoms with E-state index in [1.165, 1.54) is 6.07 Å². The van der Waals surface area contributed by atoms with Crippen molar-refractivity contribution in [3.63, 3.8) is 0 Å². The third kappa shape index (κ3) is 4.10. The third-order valence-electron chi connectivity index (χ3n) is 2.07. The lowest BCUT2D eigenvalue weighted by Crippen LogP contribution is -2.14. The quantitative estimate of drug-likeness (QED) is 0.679. The van der Waals surface area contributed by atoms with E-state index >= 15 is 0 Å². The van der Waals surface area contributed by atoms with E-state index < -0.39 is 16.9 Å². The van der Waals surface area contributed by atoms with Gasteiger partial charge in [-0.05, 0) is 31.5 Å². The van der Waals surface area contributed by atoms with Crippen LogP contribution in [0.4, 0.5) is 4.39 Å². The van der Waals surface area contributed by atoms with Crippen molar-refractivity contribution >= 4 is 39.6 Å². The zero-order valence-corrected chi connectivity index (χ0v) is 12.3. The first-order chi connectivity index (χ1) is 8.31. The van der Waals surface area contributed by atoms with Crippen LogP contribution in [-0.2, 0) is 16.0 Å². The number of rotatable bonds is 4. The molecule has 0 fully saturated rings. The molecule has 0 radical (unpaired) electrons. The fraction of sp³-hybridized carbons (Fsp3) is 0.333. The van der Waals surface area contributed by atoms with Gasteiger partial charge in [0.05, 0.1) is 18.1 Å². The summed E-state index contributed by atoms with van der Waals surface area (Å²) in [5.74, 6) is -1.11. The number of halogens is 2. The van der Waals surface area contributed by atoms with E-state index in [2.05, 4.69) is 28.6 Å². The molecule has 6 heteroatoms. The lowest BCUT2D eigenvalue weighted by molar-refractivity contribution is -0.146. The molecule has 0 N–H and O–H groups in total. The number of carbonyl (C=O) groups excluding carboxylic acids is 2. The number of esters is 1. The summed E-state index contributed by atoms with van der Waals surface area (Å²) in [5, 5.41) is -0.682. The standard InChI is InChI=1S/C12H12BrFO3S/c1-6(2)17-11(15)4-7-3-8(12(16)18)10(14)5-9(7)13/h3,5-6H,4H2,1-2H3,(H,16,18). The molecule has 3 nitrogen and oxygen atoms in total. The number of carbonyl (C=O) groups is 2. The van der Waals surface area contributed by atoms with E-state index in [4.69, 9.17) is 4.74 Å². The maximum atomic E-state index is 13.4. The first-order valence-corrected chi connectivity index (χ1v) is 6.46. The number of hydrogen-bond acceptors (Lipinski definition) is 3. The van der Waals surface area contributed by atoms with E-state index in [1.54, 1.807) is 13.8 Å². The van der Waals surface area contributed by atoms with Gasteiger partial charge < -0.3 is 4.74 Å². The summed E-state index contributed by atoms with van der Waals surface area (Å²) >= 11 is 6.72. The Bertz CT molecular complexity index is 488. The maximum Gasteiger partial charge on any atom is 0.310 e. The van der Waals surface area contributed by atoms with Gasteiger partial charge in [0.1, 0.15) is 5.82 Å². The highest BCUT2D eigenvalue weighted by molar-refractivity contribution is 9.10. The molecule has 0 aliphatic rings. The summed E-state index contributed by atoms with van der Waals surface area (Å²) < 4.78 is 18.8. The summed E-state index contributed by atoms with van der Waals surface area (Å²) in [7, 11) is 0.